The maximum absolute atomic E-state index is 12.0. The van der Waals surface area contributed by atoms with E-state index in [1.807, 2.05) is 32.0 Å². The monoisotopic (exact) mass is 317 g/mol. The second kappa shape index (κ2) is 7.87. The maximum Gasteiger partial charge on any atom is 0.252 e. The lowest BCUT2D eigenvalue weighted by Crippen LogP contribution is -2.45. The van der Waals surface area contributed by atoms with Crippen molar-refractivity contribution >= 4 is 5.91 Å². The van der Waals surface area contributed by atoms with Crippen molar-refractivity contribution in [3.05, 3.63) is 47.6 Å². The van der Waals surface area contributed by atoms with Crippen LogP contribution in [0.1, 0.15) is 37.5 Å². The predicted molar refractivity (Wildman–Crippen MR) is 85.7 cm³/mol. The van der Waals surface area contributed by atoms with Crippen molar-refractivity contribution in [2.45, 2.75) is 45.8 Å². The molecule has 1 N–H and O–H groups in total. The van der Waals surface area contributed by atoms with Crippen molar-refractivity contribution in [3.8, 4) is 0 Å². The van der Waals surface area contributed by atoms with Gasteiger partial charge in [-0.15, -0.1) is 0 Å². The van der Waals surface area contributed by atoms with Crippen molar-refractivity contribution in [2.75, 3.05) is 6.61 Å². The van der Waals surface area contributed by atoms with E-state index in [1.54, 1.807) is 6.92 Å². The largest absolute Gasteiger partial charge is 0.362 e. The fourth-order valence-corrected chi connectivity index (χ4v) is 2.21. The summed E-state index contributed by atoms with van der Waals surface area (Å²) in [6, 6.07) is 10.2. The lowest BCUT2D eigenvalue weighted by atomic mass is 9.95. The van der Waals surface area contributed by atoms with Crippen LogP contribution in [0.25, 0.3) is 0 Å². The third kappa shape index (κ3) is 6.20. The van der Waals surface area contributed by atoms with Crippen LogP contribution < -0.4 is 5.32 Å². The Hall–Kier alpha value is -2.21. The number of aromatic nitrogens is 2. The molecule has 0 radical (unpaired) electrons. The Labute approximate surface area is 136 Å². The summed E-state index contributed by atoms with van der Waals surface area (Å²) in [5, 5.41) is 6.65. The number of nitrogens with zero attached hydrogens (tertiary/aromatic N) is 2. The number of aryl methyl sites for hydroxylation is 2. The Balaban J connectivity index is 1.70. The van der Waals surface area contributed by atoms with Crippen LogP contribution >= 0.6 is 0 Å². The van der Waals surface area contributed by atoms with Gasteiger partial charge in [0.05, 0.1) is 0 Å². The minimum atomic E-state index is -0.294. The standard InChI is InChI=1S/C17H23N3O3/c1-13-18-16(23-20-13)12-22-11-15(21)19-17(2,3)10-9-14-7-5-4-6-8-14/h4-8H,9-12H2,1-3H3,(H,19,21). The van der Waals surface area contributed by atoms with Gasteiger partial charge in [0, 0.05) is 5.54 Å². The molecule has 0 aliphatic rings. The predicted octanol–water partition coefficient (Wildman–Crippen LogP) is 2.42. The van der Waals surface area contributed by atoms with Gasteiger partial charge in [0.2, 0.25) is 5.91 Å². The molecule has 0 spiro atoms. The highest BCUT2D eigenvalue weighted by Crippen LogP contribution is 2.13. The first-order valence-electron chi connectivity index (χ1n) is 7.66. The summed E-state index contributed by atoms with van der Waals surface area (Å²) in [6.07, 6.45) is 1.77. The molecule has 0 aliphatic carbocycles. The zero-order valence-corrected chi connectivity index (χ0v) is 13.8. The quantitative estimate of drug-likeness (QED) is 0.809. The fraction of sp³-hybridized carbons (Fsp3) is 0.471. The Morgan fingerprint density at radius 2 is 2.04 bits per heavy atom. The minimum Gasteiger partial charge on any atom is -0.362 e. The number of hydrogen-bond donors (Lipinski definition) is 1. The lowest BCUT2D eigenvalue weighted by molar-refractivity contribution is -0.128. The van der Waals surface area contributed by atoms with Crippen molar-refractivity contribution in [1.82, 2.24) is 15.5 Å². The van der Waals surface area contributed by atoms with Gasteiger partial charge in [0.25, 0.3) is 5.89 Å². The average molecular weight is 317 g/mol. The Morgan fingerprint density at radius 3 is 2.70 bits per heavy atom. The van der Waals surface area contributed by atoms with Gasteiger partial charge in [-0.25, -0.2) is 0 Å². The van der Waals surface area contributed by atoms with E-state index in [-0.39, 0.29) is 24.7 Å². The van der Waals surface area contributed by atoms with Crippen LogP contribution in [-0.2, 0) is 22.6 Å². The molecule has 0 aliphatic heterocycles. The van der Waals surface area contributed by atoms with E-state index in [2.05, 4.69) is 27.6 Å². The third-order valence-electron chi connectivity index (χ3n) is 3.39. The first-order chi connectivity index (χ1) is 10.9. The van der Waals surface area contributed by atoms with E-state index < -0.39 is 0 Å². The summed E-state index contributed by atoms with van der Waals surface area (Å²) >= 11 is 0. The molecule has 0 saturated carbocycles. The van der Waals surface area contributed by atoms with E-state index in [1.165, 1.54) is 5.56 Å². The third-order valence-corrected chi connectivity index (χ3v) is 3.39. The number of rotatable bonds is 8. The van der Waals surface area contributed by atoms with Gasteiger partial charge in [-0.3, -0.25) is 4.79 Å². The van der Waals surface area contributed by atoms with Crippen molar-refractivity contribution in [2.24, 2.45) is 0 Å². The molecule has 0 bridgehead atoms. The number of benzene rings is 1. The van der Waals surface area contributed by atoms with Gasteiger partial charge >= 0.3 is 0 Å². The molecule has 1 amide bonds. The number of carbonyl (C=O) groups excluding carboxylic acids is 1. The van der Waals surface area contributed by atoms with Gasteiger partial charge in [-0.2, -0.15) is 4.98 Å². The van der Waals surface area contributed by atoms with Crippen molar-refractivity contribution in [3.63, 3.8) is 0 Å². The molecule has 2 aromatic rings. The second-order valence-electron chi connectivity index (χ2n) is 6.15. The fourth-order valence-electron chi connectivity index (χ4n) is 2.21. The summed E-state index contributed by atoms with van der Waals surface area (Å²) in [6.45, 7) is 5.86. The molecule has 0 fully saturated rings. The summed E-state index contributed by atoms with van der Waals surface area (Å²) in [5.41, 5.74) is 0.968. The molecule has 1 aromatic heterocycles. The van der Waals surface area contributed by atoms with Crippen LogP contribution in [0.4, 0.5) is 0 Å². The van der Waals surface area contributed by atoms with Gasteiger partial charge in [0.15, 0.2) is 5.82 Å². The van der Waals surface area contributed by atoms with E-state index >= 15 is 0 Å². The van der Waals surface area contributed by atoms with Crippen molar-refractivity contribution < 1.29 is 14.1 Å². The SMILES string of the molecule is Cc1noc(COCC(=O)NC(C)(C)CCc2ccccc2)n1. The topological polar surface area (TPSA) is 77.2 Å². The lowest BCUT2D eigenvalue weighted by Gasteiger charge is -2.26. The van der Waals surface area contributed by atoms with Gasteiger partial charge in [0.1, 0.15) is 13.2 Å². The van der Waals surface area contributed by atoms with Crippen LogP contribution in [0.2, 0.25) is 0 Å². The highest BCUT2D eigenvalue weighted by atomic mass is 16.5. The Bertz CT molecular complexity index is 623. The summed E-state index contributed by atoms with van der Waals surface area (Å²) in [5.74, 6) is 0.771. The first kappa shape index (κ1) is 17.1. The maximum atomic E-state index is 12.0. The second-order valence-corrected chi connectivity index (χ2v) is 6.15. The van der Waals surface area contributed by atoms with E-state index in [0.29, 0.717) is 11.7 Å². The molecule has 6 nitrogen and oxygen atoms in total. The molecule has 0 saturated heterocycles. The van der Waals surface area contributed by atoms with Gasteiger partial charge in [-0.05, 0) is 39.2 Å². The van der Waals surface area contributed by atoms with Crippen LogP contribution in [0.15, 0.2) is 34.9 Å². The molecule has 23 heavy (non-hydrogen) atoms. The van der Waals surface area contributed by atoms with Crippen LogP contribution in [0.3, 0.4) is 0 Å². The highest BCUT2D eigenvalue weighted by molar-refractivity contribution is 5.77. The number of ether oxygens (including phenoxy) is 1. The molecule has 1 aromatic carbocycles. The van der Waals surface area contributed by atoms with Crippen LogP contribution in [0.5, 0.6) is 0 Å². The zero-order valence-electron chi connectivity index (χ0n) is 13.8. The van der Waals surface area contributed by atoms with Crippen molar-refractivity contribution in [1.29, 1.82) is 0 Å². The molecular weight excluding hydrogens is 294 g/mol. The zero-order chi connectivity index (χ0) is 16.7. The minimum absolute atomic E-state index is 0.0316. The highest BCUT2D eigenvalue weighted by Gasteiger charge is 2.20. The van der Waals surface area contributed by atoms with Gasteiger partial charge in [-0.1, -0.05) is 35.5 Å². The summed E-state index contributed by atoms with van der Waals surface area (Å²) in [4.78, 5) is 16.0. The van der Waals surface area contributed by atoms with Gasteiger partial charge < -0.3 is 14.6 Å². The molecule has 6 heteroatoms. The Kier molecular flexibility index (Phi) is 5.87. The normalized spacial score (nSPS) is 11.4. The molecule has 0 atom stereocenters. The number of carbonyl (C=O) groups is 1. The molecule has 0 unspecified atom stereocenters. The van der Waals surface area contributed by atoms with Crippen LogP contribution in [-0.4, -0.2) is 28.2 Å². The molecule has 2 rings (SSSR count). The number of amides is 1. The summed E-state index contributed by atoms with van der Waals surface area (Å²) < 4.78 is 10.2. The molecule has 1 heterocycles. The number of hydrogen-bond acceptors (Lipinski definition) is 5. The summed E-state index contributed by atoms with van der Waals surface area (Å²) in [7, 11) is 0. The van der Waals surface area contributed by atoms with Crippen LogP contribution in [0, 0.1) is 6.92 Å². The first-order valence-corrected chi connectivity index (χ1v) is 7.66. The average Bonchev–Trinajstić information content (AvgIpc) is 2.91. The number of nitrogens with one attached hydrogen (secondary N) is 1. The Morgan fingerprint density at radius 1 is 1.30 bits per heavy atom. The van der Waals surface area contributed by atoms with E-state index in [0.717, 1.165) is 12.8 Å². The van der Waals surface area contributed by atoms with E-state index in [9.17, 15) is 4.79 Å². The molecular formula is C17H23N3O3. The van der Waals surface area contributed by atoms with E-state index in [4.69, 9.17) is 9.26 Å². The molecule has 124 valence electrons. The smallest absolute Gasteiger partial charge is 0.252 e.